The van der Waals surface area contributed by atoms with E-state index in [1.807, 2.05) is 0 Å². The van der Waals surface area contributed by atoms with Crippen LogP contribution in [0.15, 0.2) is 12.4 Å². The summed E-state index contributed by atoms with van der Waals surface area (Å²) in [5, 5.41) is 0. The maximum absolute atomic E-state index is 11.6. The van der Waals surface area contributed by atoms with Crippen molar-refractivity contribution in [1.82, 2.24) is 36.3 Å². The smallest absolute Gasteiger partial charge is 0.284 e. The van der Waals surface area contributed by atoms with Crippen molar-refractivity contribution in [3.63, 3.8) is 0 Å². The van der Waals surface area contributed by atoms with E-state index in [9.17, 15) is 9.59 Å². The SMILES string of the molecule is O=C(NNNC(=O)c1cnc(P)[nH]1)c1cnc(P)[nH]1. The summed E-state index contributed by atoms with van der Waals surface area (Å²) in [6, 6.07) is 0. The van der Waals surface area contributed by atoms with E-state index in [1.54, 1.807) is 0 Å². The van der Waals surface area contributed by atoms with Crippen molar-refractivity contribution in [2.75, 3.05) is 0 Å². The van der Waals surface area contributed by atoms with Gasteiger partial charge in [0, 0.05) is 0 Å². The fourth-order valence-corrected chi connectivity index (χ4v) is 1.64. The third-order valence-electron chi connectivity index (χ3n) is 2.03. The van der Waals surface area contributed by atoms with E-state index in [2.05, 4.69) is 54.8 Å². The molecule has 19 heavy (non-hydrogen) atoms. The van der Waals surface area contributed by atoms with Gasteiger partial charge < -0.3 is 9.97 Å². The third kappa shape index (κ3) is 3.57. The number of nitrogens with one attached hydrogen (secondary N) is 5. The second kappa shape index (κ2) is 5.88. The molecule has 0 bridgehead atoms. The number of hydrazine groups is 2. The summed E-state index contributed by atoms with van der Waals surface area (Å²) in [6.07, 6.45) is 2.74. The van der Waals surface area contributed by atoms with Gasteiger partial charge in [-0.1, -0.05) is 18.5 Å². The van der Waals surface area contributed by atoms with Gasteiger partial charge in [0.05, 0.1) is 12.4 Å². The average Bonchev–Trinajstić information content (AvgIpc) is 2.98. The third-order valence-corrected chi connectivity index (χ3v) is 2.62. The number of aromatic nitrogens is 4. The monoisotopic (exact) mass is 299 g/mol. The van der Waals surface area contributed by atoms with E-state index in [0.717, 1.165) is 0 Å². The fraction of sp³-hybridized carbons (Fsp3) is 0. The number of rotatable bonds is 4. The molecule has 2 rings (SSSR count). The Bertz CT molecular complexity index is 556. The molecule has 0 saturated heterocycles. The summed E-state index contributed by atoms with van der Waals surface area (Å²) in [6.45, 7) is 0. The normalized spacial score (nSPS) is 10.2. The molecule has 0 aliphatic heterocycles. The summed E-state index contributed by atoms with van der Waals surface area (Å²) in [7, 11) is 4.65. The van der Waals surface area contributed by atoms with E-state index < -0.39 is 11.8 Å². The van der Waals surface area contributed by atoms with Crippen molar-refractivity contribution in [2.45, 2.75) is 0 Å². The van der Waals surface area contributed by atoms with Crippen molar-refractivity contribution in [3.8, 4) is 0 Å². The lowest BCUT2D eigenvalue weighted by atomic mass is 10.5. The molecule has 11 heteroatoms. The van der Waals surface area contributed by atoms with Crippen LogP contribution in [0.1, 0.15) is 21.0 Å². The Balaban J connectivity index is 1.80. The molecule has 2 unspecified atom stereocenters. The van der Waals surface area contributed by atoms with Crippen molar-refractivity contribution in [1.29, 1.82) is 0 Å². The highest BCUT2D eigenvalue weighted by molar-refractivity contribution is 7.26. The molecular weight excluding hydrogens is 288 g/mol. The maximum atomic E-state index is 11.6. The van der Waals surface area contributed by atoms with Gasteiger partial charge in [0.1, 0.15) is 22.5 Å². The molecule has 2 aromatic rings. The molecule has 2 atom stereocenters. The zero-order valence-corrected chi connectivity index (χ0v) is 11.8. The Morgan fingerprint density at radius 2 is 1.37 bits per heavy atom. The highest BCUT2D eigenvalue weighted by Crippen LogP contribution is 1.91. The average molecular weight is 299 g/mol. The highest BCUT2D eigenvalue weighted by Gasteiger charge is 2.10. The first-order valence-corrected chi connectivity index (χ1v) is 6.18. The van der Waals surface area contributed by atoms with E-state index in [1.165, 1.54) is 12.4 Å². The second-order valence-electron chi connectivity index (χ2n) is 3.40. The fourth-order valence-electron chi connectivity index (χ4n) is 1.18. The predicted octanol–water partition coefficient (Wildman–Crippen LogP) is -2.29. The first-order chi connectivity index (χ1) is 9.06. The van der Waals surface area contributed by atoms with E-state index in [0.29, 0.717) is 11.1 Å². The van der Waals surface area contributed by atoms with Crippen molar-refractivity contribution in [2.24, 2.45) is 0 Å². The van der Waals surface area contributed by atoms with Crippen molar-refractivity contribution >= 4 is 41.4 Å². The van der Waals surface area contributed by atoms with Crippen molar-refractivity contribution < 1.29 is 9.59 Å². The Labute approximate surface area is 112 Å². The quantitative estimate of drug-likeness (QED) is 0.321. The van der Waals surface area contributed by atoms with Gasteiger partial charge in [0.15, 0.2) is 0 Å². The Morgan fingerprint density at radius 3 is 1.68 bits per heavy atom. The van der Waals surface area contributed by atoms with Crippen molar-refractivity contribution in [3.05, 3.63) is 23.8 Å². The minimum Gasteiger partial charge on any atom is -0.335 e. The van der Waals surface area contributed by atoms with Crippen LogP contribution < -0.4 is 27.5 Å². The van der Waals surface area contributed by atoms with E-state index in [-0.39, 0.29) is 11.4 Å². The number of H-pyrrole nitrogens is 2. The zero-order valence-electron chi connectivity index (χ0n) is 9.52. The molecule has 0 fully saturated rings. The Hall–Kier alpha value is -1.82. The molecule has 9 nitrogen and oxygen atoms in total. The van der Waals surface area contributed by atoms with Gasteiger partial charge in [-0.25, -0.2) is 9.97 Å². The van der Waals surface area contributed by atoms with Crippen LogP contribution in [0.2, 0.25) is 0 Å². The standard InChI is InChI=1S/C8H11N7O2P2/c16-5(3-1-9-7(18)11-3)13-15-14-6(17)4-2-10-8(19)12-4/h1-2,15H,18-19H2,(H,9,11)(H,10,12)(H,13,16)(H,14,17). The van der Waals surface area contributed by atoms with Crippen LogP contribution in [-0.4, -0.2) is 31.8 Å². The molecule has 0 aromatic carbocycles. The van der Waals surface area contributed by atoms with E-state index >= 15 is 0 Å². The van der Waals surface area contributed by atoms with Crippen LogP contribution in [-0.2, 0) is 0 Å². The molecule has 0 aliphatic rings. The highest BCUT2D eigenvalue weighted by atomic mass is 31.0. The molecule has 2 aromatic heterocycles. The summed E-state index contributed by atoms with van der Waals surface area (Å²) in [5.41, 5.74) is 8.46. The van der Waals surface area contributed by atoms with Gasteiger partial charge in [-0.3, -0.25) is 20.4 Å². The molecule has 0 spiro atoms. The first kappa shape index (κ1) is 13.6. The zero-order chi connectivity index (χ0) is 13.8. The number of aromatic amines is 2. The lowest BCUT2D eigenvalue weighted by Gasteiger charge is -2.06. The second-order valence-corrected chi connectivity index (χ2v) is 4.49. The topological polar surface area (TPSA) is 128 Å². The first-order valence-electron chi connectivity index (χ1n) is 5.03. The summed E-state index contributed by atoms with van der Waals surface area (Å²) in [5.74, 6) is -0.921. The maximum Gasteiger partial charge on any atom is 0.284 e. The van der Waals surface area contributed by atoms with Crippen LogP contribution in [0.25, 0.3) is 0 Å². The van der Waals surface area contributed by atoms with Gasteiger partial charge in [0.2, 0.25) is 0 Å². The molecule has 0 saturated carbocycles. The number of amides is 2. The number of carbonyl (C=O) groups excluding carboxylic acids is 2. The number of hydrogen-bond acceptors (Lipinski definition) is 5. The van der Waals surface area contributed by atoms with Crippen LogP contribution in [0.3, 0.4) is 0 Å². The minimum absolute atomic E-state index is 0.264. The van der Waals surface area contributed by atoms with Gasteiger partial charge in [0.25, 0.3) is 11.8 Å². The van der Waals surface area contributed by atoms with Gasteiger partial charge >= 0.3 is 0 Å². The van der Waals surface area contributed by atoms with Gasteiger partial charge in [-0.05, 0) is 0 Å². The van der Waals surface area contributed by atoms with Crippen LogP contribution in [0.5, 0.6) is 0 Å². The largest absolute Gasteiger partial charge is 0.335 e. The number of nitrogens with zero attached hydrogens (tertiary/aromatic N) is 2. The van der Waals surface area contributed by atoms with Gasteiger partial charge in [-0.2, -0.15) is 0 Å². The molecule has 2 heterocycles. The minimum atomic E-state index is -0.460. The summed E-state index contributed by atoms with van der Waals surface area (Å²) < 4.78 is 0. The summed E-state index contributed by atoms with van der Waals surface area (Å²) >= 11 is 0. The molecular formula is C8H11N7O2P2. The lowest BCUT2D eigenvalue weighted by Crippen LogP contribution is -2.49. The summed E-state index contributed by atoms with van der Waals surface area (Å²) in [4.78, 5) is 36.2. The number of carbonyl (C=O) groups is 2. The van der Waals surface area contributed by atoms with Crippen LogP contribution in [0, 0.1) is 0 Å². The van der Waals surface area contributed by atoms with Gasteiger partial charge in [-0.15, -0.1) is 5.53 Å². The number of imidazole rings is 2. The Kier molecular flexibility index (Phi) is 4.21. The lowest BCUT2D eigenvalue weighted by molar-refractivity contribution is 0.0869. The van der Waals surface area contributed by atoms with Crippen LogP contribution in [0.4, 0.5) is 0 Å². The van der Waals surface area contributed by atoms with Crippen LogP contribution >= 0.6 is 18.5 Å². The molecule has 0 aliphatic carbocycles. The Morgan fingerprint density at radius 1 is 0.947 bits per heavy atom. The van der Waals surface area contributed by atoms with E-state index in [4.69, 9.17) is 0 Å². The molecule has 0 radical (unpaired) electrons. The molecule has 2 amide bonds. The molecule has 5 N–H and O–H groups in total. The predicted molar refractivity (Wildman–Crippen MR) is 73.9 cm³/mol. The molecule has 100 valence electrons. The number of hydrogen-bond donors (Lipinski definition) is 5.